The van der Waals surface area contributed by atoms with E-state index in [0.29, 0.717) is 34.6 Å². The van der Waals surface area contributed by atoms with E-state index in [1.807, 2.05) is 0 Å². The Balaban J connectivity index is 1.46. The fraction of sp³-hybridized carbons (Fsp3) is 0.409. The monoisotopic (exact) mass is 422 g/mol. The second-order valence-electron chi connectivity index (χ2n) is 8.60. The molecule has 1 saturated heterocycles. The minimum Gasteiger partial charge on any atom is -0.337 e. The first-order chi connectivity index (χ1) is 14.9. The zero-order valence-electron chi connectivity index (χ0n) is 17.6. The van der Waals surface area contributed by atoms with Crippen molar-refractivity contribution in [2.24, 2.45) is 5.92 Å². The Bertz CT molecular complexity index is 1150. The number of aromatic nitrogens is 4. The van der Waals surface area contributed by atoms with Crippen LogP contribution in [0.3, 0.4) is 0 Å². The van der Waals surface area contributed by atoms with Gasteiger partial charge in [-0.3, -0.25) is 0 Å². The Hall–Kier alpha value is -3.36. The lowest BCUT2D eigenvalue weighted by molar-refractivity contribution is -0.112. The molecule has 0 unspecified atom stereocenters. The van der Waals surface area contributed by atoms with Crippen LogP contribution in [0.15, 0.2) is 35.1 Å². The van der Waals surface area contributed by atoms with Gasteiger partial charge in [-0.2, -0.15) is 4.98 Å². The van der Waals surface area contributed by atoms with Gasteiger partial charge < -0.3 is 14.7 Å². The molecule has 31 heavy (non-hydrogen) atoms. The zero-order chi connectivity index (χ0) is 21.8. The van der Waals surface area contributed by atoms with Crippen molar-refractivity contribution in [3.05, 3.63) is 53.7 Å². The van der Waals surface area contributed by atoms with Crippen LogP contribution >= 0.6 is 0 Å². The summed E-state index contributed by atoms with van der Waals surface area (Å²) in [5.41, 5.74) is 0.805. The van der Waals surface area contributed by atoms with Gasteiger partial charge >= 0.3 is 6.03 Å². The van der Waals surface area contributed by atoms with Crippen molar-refractivity contribution in [1.29, 1.82) is 0 Å². The number of nitrogens with one attached hydrogen (secondary N) is 1. The van der Waals surface area contributed by atoms with E-state index in [-0.39, 0.29) is 17.8 Å². The van der Waals surface area contributed by atoms with Crippen LogP contribution in [0.5, 0.6) is 0 Å². The van der Waals surface area contributed by atoms with Crippen LogP contribution in [0.4, 0.5) is 14.9 Å². The Morgan fingerprint density at radius 2 is 2.03 bits per heavy atom. The van der Waals surface area contributed by atoms with Crippen molar-refractivity contribution in [3.63, 3.8) is 0 Å². The second kappa shape index (κ2) is 7.11. The molecular weight excluding hydrogens is 399 g/mol. The maximum absolute atomic E-state index is 14.8. The van der Waals surface area contributed by atoms with Crippen LogP contribution in [0.25, 0.3) is 11.4 Å². The number of halogens is 1. The Morgan fingerprint density at radius 3 is 2.74 bits per heavy atom. The lowest BCUT2D eigenvalue weighted by Gasteiger charge is -2.61. The smallest absolute Gasteiger partial charge is 0.323 e. The third kappa shape index (κ3) is 3.15. The Kier molecular flexibility index (Phi) is 4.49. The van der Waals surface area contributed by atoms with E-state index in [4.69, 9.17) is 4.52 Å². The van der Waals surface area contributed by atoms with Crippen LogP contribution in [0.1, 0.15) is 43.5 Å². The summed E-state index contributed by atoms with van der Waals surface area (Å²) in [5.74, 6) is 1.37. The molecule has 2 aliphatic rings. The number of anilines is 1. The van der Waals surface area contributed by atoms with E-state index < -0.39 is 11.4 Å². The topological polar surface area (TPSA) is 97.0 Å². The first-order valence-electron chi connectivity index (χ1n) is 10.4. The van der Waals surface area contributed by atoms with E-state index in [1.165, 1.54) is 6.07 Å². The molecule has 0 spiro atoms. The zero-order valence-corrected chi connectivity index (χ0v) is 17.6. The van der Waals surface area contributed by atoms with Crippen molar-refractivity contribution in [3.8, 4) is 11.4 Å². The molecule has 3 heterocycles. The highest BCUT2D eigenvalue weighted by Crippen LogP contribution is 2.55. The van der Waals surface area contributed by atoms with E-state index in [2.05, 4.69) is 32.3 Å². The largest absolute Gasteiger partial charge is 0.337 e. The third-order valence-electron chi connectivity index (χ3n) is 6.27. The summed E-state index contributed by atoms with van der Waals surface area (Å²) in [6.45, 7) is 5.70. The molecule has 1 N–H and O–H groups in total. The highest BCUT2D eigenvalue weighted by molar-refractivity contribution is 5.92. The fourth-order valence-electron chi connectivity index (χ4n) is 5.06. The number of urea groups is 1. The summed E-state index contributed by atoms with van der Waals surface area (Å²) in [5, 5.41) is 6.68. The summed E-state index contributed by atoms with van der Waals surface area (Å²) in [6.07, 6.45) is 5.65. The number of carbonyl (C=O) groups is 1. The molecule has 1 saturated carbocycles. The number of aryl methyl sites for hydroxylation is 2. The summed E-state index contributed by atoms with van der Waals surface area (Å²) < 4.78 is 20.2. The van der Waals surface area contributed by atoms with E-state index in [1.54, 1.807) is 43.3 Å². The second-order valence-corrected chi connectivity index (χ2v) is 8.60. The number of carbonyl (C=O) groups excluding carboxylic acids is 1. The molecule has 3 atom stereocenters. The highest BCUT2D eigenvalue weighted by atomic mass is 19.1. The average molecular weight is 422 g/mol. The van der Waals surface area contributed by atoms with Crippen molar-refractivity contribution in [1.82, 2.24) is 25.0 Å². The molecule has 3 aromatic rings. The molecule has 2 bridgehead atoms. The molecule has 1 aliphatic carbocycles. The van der Waals surface area contributed by atoms with Crippen LogP contribution < -0.4 is 5.32 Å². The number of benzene rings is 1. The first kappa shape index (κ1) is 19.6. The van der Waals surface area contributed by atoms with Gasteiger partial charge in [0.05, 0.1) is 5.69 Å². The molecule has 2 amide bonds. The van der Waals surface area contributed by atoms with E-state index >= 15 is 0 Å². The van der Waals surface area contributed by atoms with Crippen LogP contribution in [0, 0.1) is 25.6 Å². The standard InChI is InChI=1S/C22H23FN6O2/c1-12-7-15-11-22(10-12,20-26-14(3)28-31-20)29(15)21(30)27-18-9-16(13(2)8-17(18)23)19-24-5-4-6-25-19/h4-6,8-9,12,15H,7,10-11H2,1-3H3,(H,27,30)/t12-,15-,22+/m1/s1. The molecule has 2 fully saturated rings. The van der Waals surface area contributed by atoms with Crippen LogP contribution in [-0.4, -0.2) is 37.1 Å². The Morgan fingerprint density at radius 1 is 1.26 bits per heavy atom. The number of fused-ring (bicyclic) bond motifs is 2. The predicted molar refractivity (Wildman–Crippen MR) is 111 cm³/mol. The summed E-state index contributed by atoms with van der Waals surface area (Å²) in [6, 6.07) is 4.37. The third-order valence-corrected chi connectivity index (χ3v) is 6.27. The van der Waals surface area contributed by atoms with Gasteiger partial charge in [0.1, 0.15) is 11.4 Å². The minimum absolute atomic E-state index is 0.0568. The number of rotatable bonds is 3. The number of likely N-dealkylation sites (tertiary alicyclic amines) is 1. The van der Waals surface area contributed by atoms with Crippen LogP contribution in [-0.2, 0) is 5.54 Å². The SMILES string of the molecule is Cc1noc([C@]23C[C@H](C)C[C@H](C2)N3C(=O)Nc2cc(-c3ncccn3)c(C)cc2F)n1. The number of hydrogen-bond donors (Lipinski definition) is 1. The number of amides is 2. The molecule has 1 aliphatic heterocycles. The maximum Gasteiger partial charge on any atom is 0.323 e. The van der Waals surface area contributed by atoms with Gasteiger partial charge in [-0.15, -0.1) is 0 Å². The molecule has 8 nitrogen and oxygen atoms in total. The summed E-state index contributed by atoms with van der Waals surface area (Å²) in [4.78, 5) is 28.0. The maximum atomic E-state index is 14.8. The molecule has 2 aromatic heterocycles. The minimum atomic E-state index is -0.639. The average Bonchev–Trinajstić information content (AvgIpc) is 3.17. The highest BCUT2D eigenvalue weighted by Gasteiger charge is 2.62. The van der Waals surface area contributed by atoms with Gasteiger partial charge in [0.25, 0.3) is 5.89 Å². The van der Waals surface area contributed by atoms with Gasteiger partial charge in [-0.25, -0.2) is 19.2 Å². The molecule has 0 radical (unpaired) electrons. The van der Waals surface area contributed by atoms with Gasteiger partial charge in [0, 0.05) is 30.4 Å². The van der Waals surface area contributed by atoms with Gasteiger partial charge in [-0.05, 0) is 56.4 Å². The number of nitrogens with zero attached hydrogens (tertiary/aromatic N) is 5. The normalized spacial score (nSPS) is 24.6. The number of hydrogen-bond acceptors (Lipinski definition) is 6. The predicted octanol–water partition coefficient (Wildman–Crippen LogP) is 4.21. The molecule has 9 heteroatoms. The van der Waals surface area contributed by atoms with Gasteiger partial charge in [0.15, 0.2) is 11.6 Å². The number of piperidine rings is 1. The molecular formula is C22H23FN6O2. The summed E-state index contributed by atoms with van der Waals surface area (Å²) in [7, 11) is 0. The Labute approximate surface area is 178 Å². The van der Waals surface area contributed by atoms with E-state index in [0.717, 1.165) is 19.3 Å². The molecule has 160 valence electrons. The van der Waals surface area contributed by atoms with E-state index in [9.17, 15) is 9.18 Å². The molecule has 1 aromatic carbocycles. The lowest BCUT2D eigenvalue weighted by atomic mass is 9.64. The first-order valence-corrected chi connectivity index (χ1v) is 10.4. The summed E-state index contributed by atoms with van der Waals surface area (Å²) >= 11 is 0. The van der Waals surface area contributed by atoms with Gasteiger partial charge in [-0.1, -0.05) is 12.1 Å². The lowest BCUT2D eigenvalue weighted by Crippen LogP contribution is -2.70. The van der Waals surface area contributed by atoms with Gasteiger partial charge in [0.2, 0.25) is 0 Å². The van der Waals surface area contributed by atoms with Crippen molar-refractivity contribution >= 4 is 11.7 Å². The molecule has 5 rings (SSSR count). The van der Waals surface area contributed by atoms with Crippen molar-refractivity contribution in [2.45, 2.75) is 51.6 Å². The fourth-order valence-corrected chi connectivity index (χ4v) is 5.06. The van der Waals surface area contributed by atoms with Crippen molar-refractivity contribution in [2.75, 3.05) is 5.32 Å². The quantitative estimate of drug-likeness (QED) is 0.679. The van der Waals surface area contributed by atoms with Crippen molar-refractivity contribution < 1.29 is 13.7 Å². The van der Waals surface area contributed by atoms with Crippen LogP contribution in [0.2, 0.25) is 0 Å².